The highest BCUT2D eigenvalue weighted by atomic mass is 33.1. The van der Waals surface area contributed by atoms with Crippen LogP contribution >= 0.6 is 21.6 Å². The van der Waals surface area contributed by atoms with Crippen molar-refractivity contribution in [3.05, 3.63) is 24.4 Å². The molecule has 0 radical (unpaired) electrons. The van der Waals surface area contributed by atoms with Crippen molar-refractivity contribution in [3.8, 4) is 0 Å². The maximum atomic E-state index is 11.9. The summed E-state index contributed by atoms with van der Waals surface area (Å²) >= 11 is 0. The van der Waals surface area contributed by atoms with Gasteiger partial charge < -0.3 is 105 Å². The number of carbonyl (C=O) groups is 2. The number of carbonyl (C=O) groups excluding carboxylic acids is 1. The van der Waals surface area contributed by atoms with E-state index in [-0.39, 0.29) is 18.9 Å². The lowest BCUT2D eigenvalue weighted by Crippen LogP contribution is -2.27. The van der Waals surface area contributed by atoms with Crippen molar-refractivity contribution in [1.29, 1.82) is 0 Å². The smallest absolute Gasteiger partial charge is 0.305 e. The number of hydrogen-bond donors (Lipinski definition) is 2. The second-order valence-corrected chi connectivity index (χ2v) is 18.0. The van der Waals surface area contributed by atoms with Crippen molar-refractivity contribution in [2.24, 2.45) is 0 Å². The molecule has 1 aromatic heterocycles. The highest BCUT2D eigenvalue weighted by molar-refractivity contribution is 8.76. The Morgan fingerprint density at radius 2 is 0.590 bits per heavy atom. The summed E-state index contributed by atoms with van der Waals surface area (Å²) in [5.41, 5.74) is 0. The molecule has 0 aliphatic carbocycles. The average molecular weight is 1170 g/mol. The molecule has 0 saturated heterocycles. The molecule has 0 unspecified atom stereocenters. The fraction of sp³-hybridized carbons (Fsp3) is 0.863. The second-order valence-electron chi connectivity index (χ2n) is 15.6. The summed E-state index contributed by atoms with van der Waals surface area (Å²) in [4.78, 5) is 26.5. The third-order valence-electron chi connectivity index (χ3n) is 9.29. The van der Waals surface area contributed by atoms with Crippen LogP contribution in [0.5, 0.6) is 0 Å². The van der Waals surface area contributed by atoms with Crippen LogP contribution in [0.15, 0.2) is 29.4 Å². The third kappa shape index (κ3) is 63.2. The highest BCUT2D eigenvalue weighted by Crippen LogP contribution is 2.29. The standard InChI is InChI=1S/C51H94N2O23S2/c54-49(5-48-77-78-50-3-1-2-6-53-50)52-7-9-58-11-13-60-15-17-62-19-21-64-23-25-66-27-29-68-31-33-70-35-37-72-39-41-74-43-45-76-47-46-75-44-42-73-40-38-71-36-34-69-32-30-67-28-26-65-24-22-63-20-18-61-16-14-59-12-10-57-8-4-51(55)56/h1-3,6H,4-5,7-48H2,(H,52,54)(H,55,56). The van der Waals surface area contributed by atoms with Crippen LogP contribution in [0.25, 0.3) is 0 Å². The van der Waals surface area contributed by atoms with E-state index in [1.807, 2.05) is 18.2 Å². The Morgan fingerprint density at radius 3 is 0.821 bits per heavy atom. The number of carboxylic acids is 1. The zero-order chi connectivity index (χ0) is 55.6. The Morgan fingerprint density at radius 1 is 0.346 bits per heavy atom. The van der Waals surface area contributed by atoms with Gasteiger partial charge in [0.05, 0.1) is 271 Å². The number of rotatable bonds is 68. The molecule has 0 bridgehead atoms. The number of aromatic nitrogens is 1. The van der Waals surface area contributed by atoms with Gasteiger partial charge in [-0.2, -0.15) is 0 Å². The molecule has 0 saturated carbocycles. The summed E-state index contributed by atoms with van der Waals surface area (Å²) in [5, 5.41) is 12.3. The number of nitrogens with one attached hydrogen (secondary N) is 1. The monoisotopic (exact) mass is 1170 g/mol. The summed E-state index contributed by atoms with van der Waals surface area (Å²) in [7, 11) is 3.18. The molecular formula is C51H94N2O23S2. The van der Waals surface area contributed by atoms with Crippen LogP contribution in [0, 0.1) is 0 Å². The van der Waals surface area contributed by atoms with Gasteiger partial charge >= 0.3 is 5.97 Å². The van der Waals surface area contributed by atoms with Crippen molar-refractivity contribution >= 4 is 33.5 Å². The molecular weight excluding hydrogens is 1070 g/mol. The van der Waals surface area contributed by atoms with Gasteiger partial charge in [-0.05, 0) is 22.9 Å². The molecule has 0 aliphatic rings. The summed E-state index contributed by atoms with van der Waals surface area (Å²) in [6, 6.07) is 5.77. The molecule has 0 atom stereocenters. The first-order valence-electron chi connectivity index (χ1n) is 26.9. The Bertz CT molecular complexity index is 1350. The Hall–Kier alpha value is -2.01. The van der Waals surface area contributed by atoms with Gasteiger partial charge in [0, 0.05) is 24.9 Å². The van der Waals surface area contributed by atoms with Crippen LogP contribution in [0.4, 0.5) is 0 Å². The number of pyridine rings is 1. The van der Waals surface area contributed by atoms with Crippen molar-refractivity contribution in [2.75, 3.05) is 277 Å². The van der Waals surface area contributed by atoms with Crippen molar-refractivity contribution in [2.45, 2.75) is 17.9 Å². The molecule has 27 heteroatoms. The van der Waals surface area contributed by atoms with E-state index >= 15 is 0 Å². The minimum atomic E-state index is -0.880. The van der Waals surface area contributed by atoms with Gasteiger partial charge in [-0.1, -0.05) is 16.9 Å². The predicted octanol–water partition coefficient (Wildman–Crippen LogP) is 2.13. The zero-order valence-electron chi connectivity index (χ0n) is 46.1. The van der Waals surface area contributed by atoms with E-state index in [1.54, 1.807) is 27.8 Å². The first kappa shape index (κ1) is 74.0. The zero-order valence-corrected chi connectivity index (χ0v) is 47.7. The summed E-state index contributed by atoms with van der Waals surface area (Å²) in [5.74, 6) is -0.154. The number of carboxylic acid groups (broad SMARTS) is 1. The van der Waals surface area contributed by atoms with Gasteiger partial charge in [-0.25, -0.2) is 4.98 Å². The highest BCUT2D eigenvalue weighted by Gasteiger charge is 2.04. The van der Waals surface area contributed by atoms with Crippen molar-refractivity contribution < 1.29 is 109 Å². The molecule has 78 heavy (non-hydrogen) atoms. The molecule has 0 spiro atoms. The van der Waals surface area contributed by atoms with E-state index in [9.17, 15) is 9.59 Å². The Balaban J connectivity index is 1.60. The van der Waals surface area contributed by atoms with Crippen LogP contribution in [0.2, 0.25) is 0 Å². The Labute approximate surface area is 470 Å². The fourth-order valence-corrected chi connectivity index (χ4v) is 7.29. The largest absolute Gasteiger partial charge is 0.481 e. The van der Waals surface area contributed by atoms with Crippen LogP contribution < -0.4 is 5.32 Å². The molecule has 0 fully saturated rings. The van der Waals surface area contributed by atoms with Gasteiger partial charge in [-0.15, -0.1) is 0 Å². The third-order valence-corrected chi connectivity index (χ3v) is 11.6. The Kier molecular flexibility index (Phi) is 62.4. The summed E-state index contributed by atoms with van der Waals surface area (Å²) in [6.07, 6.45) is 2.20. The maximum absolute atomic E-state index is 11.9. The number of ether oxygens (including phenoxy) is 20. The number of nitrogens with zero attached hydrogens (tertiary/aromatic N) is 1. The molecule has 1 amide bonds. The van der Waals surface area contributed by atoms with Crippen molar-refractivity contribution in [1.82, 2.24) is 10.3 Å². The summed E-state index contributed by atoms with van der Waals surface area (Å²) in [6.45, 7) is 18.9. The quantitative estimate of drug-likeness (QED) is 0.0699. The van der Waals surface area contributed by atoms with Crippen LogP contribution in [0.3, 0.4) is 0 Å². The number of aliphatic carboxylic acids is 1. The van der Waals surface area contributed by atoms with E-state index in [0.29, 0.717) is 276 Å². The SMILES string of the molecule is O=C(O)CCOCCOCCOCCOCCOCCOCCOCCOCCOCCOCCOCCOCCOCCOCCOCCOCCOCCOCCOCCOCCNC(=O)CCSSc1ccccn1. The second kappa shape index (κ2) is 65.8. The van der Waals surface area contributed by atoms with E-state index in [4.69, 9.17) is 99.8 Å². The average Bonchev–Trinajstić information content (AvgIpc) is 3.44. The van der Waals surface area contributed by atoms with Crippen LogP contribution in [-0.2, 0) is 104 Å². The van der Waals surface area contributed by atoms with Crippen LogP contribution in [0.1, 0.15) is 12.8 Å². The molecule has 1 heterocycles. The fourth-order valence-electron chi connectivity index (χ4n) is 5.42. The normalized spacial score (nSPS) is 11.5. The maximum Gasteiger partial charge on any atom is 0.305 e. The van der Waals surface area contributed by atoms with Gasteiger partial charge in [0.1, 0.15) is 5.03 Å². The van der Waals surface area contributed by atoms with E-state index in [2.05, 4.69) is 10.3 Å². The summed E-state index contributed by atoms with van der Waals surface area (Å²) < 4.78 is 109. The van der Waals surface area contributed by atoms with Gasteiger partial charge in [0.2, 0.25) is 5.91 Å². The molecule has 25 nitrogen and oxygen atoms in total. The van der Waals surface area contributed by atoms with Crippen LogP contribution in [-0.4, -0.2) is 299 Å². The molecule has 1 aromatic rings. The number of amides is 1. The lowest BCUT2D eigenvalue weighted by atomic mass is 10.4. The van der Waals surface area contributed by atoms with E-state index in [1.165, 1.54) is 0 Å². The van der Waals surface area contributed by atoms with Gasteiger partial charge in [0.25, 0.3) is 0 Å². The number of hydrogen-bond acceptors (Lipinski definition) is 25. The first-order valence-corrected chi connectivity index (χ1v) is 29.2. The molecule has 1 rings (SSSR count). The molecule has 0 aromatic carbocycles. The minimum absolute atomic E-state index is 0.00996. The van der Waals surface area contributed by atoms with Gasteiger partial charge in [0.15, 0.2) is 0 Å². The molecule has 2 N–H and O–H groups in total. The lowest BCUT2D eigenvalue weighted by Gasteiger charge is -2.09. The topological polar surface area (TPSA) is 264 Å². The predicted molar refractivity (Wildman–Crippen MR) is 289 cm³/mol. The van der Waals surface area contributed by atoms with Crippen molar-refractivity contribution in [3.63, 3.8) is 0 Å². The van der Waals surface area contributed by atoms with E-state index in [0.717, 1.165) is 5.03 Å². The minimum Gasteiger partial charge on any atom is -0.481 e. The molecule has 458 valence electrons. The molecule has 0 aliphatic heterocycles. The lowest BCUT2D eigenvalue weighted by molar-refractivity contribution is -0.138. The van der Waals surface area contributed by atoms with Gasteiger partial charge in [-0.3, -0.25) is 9.59 Å². The first-order chi connectivity index (χ1) is 38.7. The van der Waals surface area contributed by atoms with E-state index < -0.39 is 5.97 Å².